The summed E-state index contributed by atoms with van der Waals surface area (Å²) in [5.74, 6) is -0.121. The highest BCUT2D eigenvalue weighted by molar-refractivity contribution is 6.30. The number of aryl methyl sites for hydroxylation is 1. The van der Waals surface area contributed by atoms with Crippen molar-refractivity contribution >= 4 is 17.5 Å². The minimum Gasteiger partial charge on any atom is -0.368 e. The van der Waals surface area contributed by atoms with Crippen LogP contribution < -0.4 is 5.56 Å². The molecule has 0 aliphatic carbocycles. The lowest BCUT2D eigenvalue weighted by Crippen LogP contribution is -2.42. The van der Waals surface area contributed by atoms with E-state index in [1.54, 1.807) is 30.4 Å². The van der Waals surface area contributed by atoms with E-state index in [1.165, 1.54) is 10.6 Å². The molecule has 0 bridgehead atoms. The van der Waals surface area contributed by atoms with Crippen molar-refractivity contribution in [1.29, 1.82) is 0 Å². The van der Waals surface area contributed by atoms with E-state index >= 15 is 0 Å². The highest BCUT2D eigenvalue weighted by Crippen LogP contribution is 2.26. The van der Waals surface area contributed by atoms with E-state index in [4.69, 9.17) is 16.3 Å². The van der Waals surface area contributed by atoms with Crippen molar-refractivity contribution in [1.82, 2.24) is 14.5 Å². The maximum absolute atomic E-state index is 12.8. The molecule has 1 atom stereocenters. The van der Waals surface area contributed by atoms with E-state index in [0.29, 0.717) is 30.3 Å². The van der Waals surface area contributed by atoms with Crippen LogP contribution in [-0.4, -0.2) is 40.1 Å². The van der Waals surface area contributed by atoms with Gasteiger partial charge in [0, 0.05) is 42.6 Å². The molecule has 3 heterocycles. The van der Waals surface area contributed by atoms with Crippen molar-refractivity contribution in [2.75, 3.05) is 19.7 Å². The summed E-state index contributed by atoms with van der Waals surface area (Å²) in [5, 5.41) is 0.676. The molecule has 1 aliphatic rings. The van der Waals surface area contributed by atoms with Gasteiger partial charge in [0.25, 0.3) is 5.91 Å². The third-order valence-corrected chi connectivity index (χ3v) is 5.20. The van der Waals surface area contributed by atoms with Crippen molar-refractivity contribution in [3.8, 4) is 11.1 Å². The zero-order valence-corrected chi connectivity index (χ0v) is 16.7. The first-order valence-electron chi connectivity index (χ1n) is 9.31. The topological polar surface area (TPSA) is 64.4 Å². The monoisotopic (exact) mass is 409 g/mol. The lowest BCUT2D eigenvalue weighted by molar-refractivity contribution is -0.0247. The van der Waals surface area contributed by atoms with Crippen LogP contribution >= 0.6 is 11.6 Å². The summed E-state index contributed by atoms with van der Waals surface area (Å²) >= 11 is 6.07. The Labute approximate surface area is 173 Å². The smallest absolute Gasteiger partial charge is 0.255 e. The highest BCUT2D eigenvalue weighted by Gasteiger charge is 2.27. The van der Waals surface area contributed by atoms with Gasteiger partial charge in [0.1, 0.15) is 6.10 Å². The number of ether oxygens (including phenoxy) is 1. The number of hydrogen-bond acceptors (Lipinski definition) is 4. The molecule has 6 nitrogen and oxygen atoms in total. The van der Waals surface area contributed by atoms with Crippen LogP contribution in [-0.2, 0) is 11.8 Å². The van der Waals surface area contributed by atoms with Crippen LogP contribution in [0.5, 0.6) is 0 Å². The molecule has 0 N–H and O–H groups in total. The summed E-state index contributed by atoms with van der Waals surface area (Å²) in [6.07, 6.45) is 3.05. The number of benzene rings is 1. The summed E-state index contributed by atoms with van der Waals surface area (Å²) in [6, 6.07) is 14.5. The molecule has 0 spiro atoms. The predicted molar refractivity (Wildman–Crippen MR) is 111 cm³/mol. The summed E-state index contributed by atoms with van der Waals surface area (Å²) in [6.45, 7) is 1.34. The van der Waals surface area contributed by atoms with Crippen LogP contribution in [0.2, 0.25) is 5.02 Å². The van der Waals surface area contributed by atoms with Crippen LogP contribution in [0.1, 0.15) is 22.2 Å². The number of morpholine rings is 1. The molecule has 148 valence electrons. The largest absolute Gasteiger partial charge is 0.368 e. The van der Waals surface area contributed by atoms with Gasteiger partial charge < -0.3 is 14.2 Å². The molecule has 1 aromatic carbocycles. The van der Waals surface area contributed by atoms with Gasteiger partial charge in [0.2, 0.25) is 5.56 Å². The summed E-state index contributed by atoms with van der Waals surface area (Å²) in [5.41, 5.74) is 3.06. The Hall–Kier alpha value is -2.96. The molecule has 1 saturated heterocycles. The van der Waals surface area contributed by atoms with E-state index in [2.05, 4.69) is 4.98 Å². The van der Waals surface area contributed by atoms with Crippen molar-refractivity contribution in [3.05, 3.63) is 87.6 Å². The maximum atomic E-state index is 12.8. The van der Waals surface area contributed by atoms with Crippen LogP contribution in [0.25, 0.3) is 11.1 Å². The molecule has 1 amide bonds. The number of halogens is 1. The molecule has 0 unspecified atom stereocenters. The second-order valence-electron chi connectivity index (χ2n) is 6.96. The molecule has 7 heteroatoms. The van der Waals surface area contributed by atoms with Crippen LogP contribution in [0.4, 0.5) is 0 Å². The number of carbonyl (C=O) groups is 1. The second kappa shape index (κ2) is 8.19. The van der Waals surface area contributed by atoms with Crippen LogP contribution in [0.15, 0.2) is 65.7 Å². The van der Waals surface area contributed by atoms with E-state index in [0.717, 1.165) is 16.8 Å². The maximum Gasteiger partial charge on any atom is 0.255 e. The number of rotatable bonds is 3. The number of hydrogen-bond donors (Lipinski definition) is 0. The van der Waals surface area contributed by atoms with Crippen molar-refractivity contribution in [3.63, 3.8) is 0 Å². The Morgan fingerprint density at radius 2 is 2.03 bits per heavy atom. The zero-order valence-electron chi connectivity index (χ0n) is 15.9. The van der Waals surface area contributed by atoms with Gasteiger partial charge in [0.15, 0.2) is 0 Å². The number of aromatic nitrogens is 2. The fourth-order valence-electron chi connectivity index (χ4n) is 3.35. The predicted octanol–water partition coefficient (Wildman–Crippen LogP) is 3.31. The molecular weight excluding hydrogens is 390 g/mol. The minimum atomic E-state index is -0.298. The standard InChI is InChI=1S/C22H20ClN3O3/c1-25-13-17(6-8-21(25)27)22(28)26-9-10-29-20(14-26)19-7-5-16(12-24-19)15-3-2-4-18(23)11-15/h2-8,11-13,20H,9-10,14H2,1H3/t20-/m1/s1. The second-order valence-corrected chi connectivity index (χ2v) is 7.40. The average molecular weight is 410 g/mol. The average Bonchev–Trinajstić information content (AvgIpc) is 2.75. The van der Waals surface area contributed by atoms with Crippen LogP contribution in [0.3, 0.4) is 0 Å². The summed E-state index contributed by atoms with van der Waals surface area (Å²) in [4.78, 5) is 30.7. The van der Waals surface area contributed by atoms with E-state index in [-0.39, 0.29) is 17.6 Å². The first-order chi connectivity index (χ1) is 14.0. The highest BCUT2D eigenvalue weighted by atomic mass is 35.5. The van der Waals surface area contributed by atoms with E-state index < -0.39 is 0 Å². The van der Waals surface area contributed by atoms with E-state index in [1.807, 2.05) is 36.4 Å². The SMILES string of the molecule is Cn1cc(C(=O)N2CCO[C@@H](c3ccc(-c4cccc(Cl)c4)cn3)C2)ccc1=O. The molecular formula is C22H20ClN3O3. The van der Waals surface area contributed by atoms with Gasteiger partial charge in [-0.1, -0.05) is 29.8 Å². The zero-order chi connectivity index (χ0) is 20.4. The first-order valence-corrected chi connectivity index (χ1v) is 9.68. The van der Waals surface area contributed by atoms with Gasteiger partial charge in [0.05, 0.1) is 24.4 Å². The van der Waals surface area contributed by atoms with Gasteiger partial charge >= 0.3 is 0 Å². The molecule has 2 aromatic heterocycles. The number of amides is 1. The number of carbonyl (C=O) groups excluding carboxylic acids is 1. The summed E-state index contributed by atoms with van der Waals surface area (Å²) < 4.78 is 7.26. The van der Waals surface area contributed by atoms with E-state index in [9.17, 15) is 9.59 Å². The van der Waals surface area contributed by atoms with Crippen molar-refractivity contribution in [2.45, 2.75) is 6.10 Å². The Morgan fingerprint density at radius 1 is 1.17 bits per heavy atom. The fraction of sp³-hybridized carbons (Fsp3) is 0.227. The lowest BCUT2D eigenvalue weighted by Gasteiger charge is -2.32. The Morgan fingerprint density at radius 3 is 2.76 bits per heavy atom. The Bertz CT molecular complexity index is 1090. The number of pyridine rings is 2. The van der Waals surface area contributed by atoms with Gasteiger partial charge in [-0.05, 0) is 29.8 Å². The molecule has 3 aromatic rings. The van der Waals surface area contributed by atoms with Gasteiger partial charge in [-0.15, -0.1) is 0 Å². The fourth-order valence-corrected chi connectivity index (χ4v) is 3.54. The van der Waals surface area contributed by atoms with Crippen LogP contribution in [0, 0.1) is 0 Å². The third-order valence-electron chi connectivity index (χ3n) is 4.96. The minimum absolute atomic E-state index is 0.121. The number of nitrogens with zero attached hydrogens (tertiary/aromatic N) is 3. The molecule has 4 rings (SSSR count). The third kappa shape index (κ3) is 4.23. The molecule has 1 fully saturated rings. The molecule has 29 heavy (non-hydrogen) atoms. The van der Waals surface area contributed by atoms with Gasteiger partial charge in [-0.2, -0.15) is 0 Å². The first kappa shape index (κ1) is 19.4. The van der Waals surface area contributed by atoms with Gasteiger partial charge in [-0.3, -0.25) is 14.6 Å². The van der Waals surface area contributed by atoms with Gasteiger partial charge in [-0.25, -0.2) is 0 Å². The molecule has 0 saturated carbocycles. The normalized spacial score (nSPS) is 16.6. The summed E-state index contributed by atoms with van der Waals surface area (Å²) in [7, 11) is 1.63. The quantitative estimate of drug-likeness (QED) is 0.665. The lowest BCUT2D eigenvalue weighted by atomic mass is 10.1. The molecule has 0 radical (unpaired) electrons. The molecule has 1 aliphatic heterocycles. The van der Waals surface area contributed by atoms with Crippen molar-refractivity contribution in [2.24, 2.45) is 7.05 Å². The Kier molecular flexibility index (Phi) is 5.47. The van der Waals surface area contributed by atoms with Crippen molar-refractivity contribution < 1.29 is 9.53 Å². The Balaban J connectivity index is 1.50.